The maximum absolute atomic E-state index is 2.42. The van der Waals surface area contributed by atoms with E-state index >= 15 is 0 Å². The highest BCUT2D eigenvalue weighted by molar-refractivity contribution is 5.91. The van der Waals surface area contributed by atoms with Crippen LogP contribution in [-0.2, 0) is 5.41 Å². The first-order chi connectivity index (χ1) is 16.2. The highest BCUT2D eigenvalue weighted by Crippen LogP contribution is 2.46. The maximum atomic E-state index is 2.42. The molecular weight excluding hydrogens is 396 g/mol. The third kappa shape index (κ3) is 3.87. The quantitative estimate of drug-likeness (QED) is 0.280. The van der Waals surface area contributed by atoms with E-state index in [9.17, 15) is 0 Å². The number of hydrogen-bond donors (Lipinski definition) is 0. The molecule has 4 aromatic rings. The molecule has 0 atom stereocenters. The summed E-state index contributed by atoms with van der Waals surface area (Å²) in [6.07, 6.45) is 7.02. The van der Waals surface area contributed by atoms with Crippen LogP contribution in [0.2, 0.25) is 0 Å². The molecule has 0 heteroatoms. The molecule has 0 aliphatic heterocycles. The van der Waals surface area contributed by atoms with Gasteiger partial charge in [0.1, 0.15) is 0 Å². The number of rotatable bonds is 5. The van der Waals surface area contributed by atoms with Crippen molar-refractivity contribution in [2.75, 3.05) is 0 Å². The largest absolute Gasteiger partial charge is 0.0807 e. The van der Waals surface area contributed by atoms with Crippen molar-refractivity contribution in [3.8, 4) is 11.1 Å². The van der Waals surface area contributed by atoms with Crippen LogP contribution in [0.25, 0.3) is 16.7 Å². The van der Waals surface area contributed by atoms with Gasteiger partial charge >= 0.3 is 0 Å². The molecule has 0 bridgehead atoms. The molecule has 0 amide bonds. The van der Waals surface area contributed by atoms with Crippen molar-refractivity contribution in [3.63, 3.8) is 0 Å². The lowest BCUT2D eigenvalue weighted by Crippen LogP contribution is -2.26. The zero-order chi connectivity index (χ0) is 22.7. The fourth-order valence-corrected chi connectivity index (χ4v) is 5.25. The predicted octanol–water partition coefficient (Wildman–Crippen LogP) is 8.83. The summed E-state index contributed by atoms with van der Waals surface area (Å²) < 4.78 is 0. The molecule has 0 radical (unpaired) electrons. The Balaban J connectivity index is 1.86. The zero-order valence-electron chi connectivity index (χ0n) is 19.5. The molecule has 0 saturated heterocycles. The van der Waals surface area contributed by atoms with E-state index in [1.807, 2.05) is 0 Å². The lowest BCUT2D eigenvalue weighted by molar-refractivity contribution is 0.694. The summed E-state index contributed by atoms with van der Waals surface area (Å²) in [5.74, 6) is 0. The van der Waals surface area contributed by atoms with Gasteiger partial charge in [0.05, 0.1) is 0 Å². The Morgan fingerprint density at radius 3 is 1.70 bits per heavy atom. The molecule has 1 aliphatic rings. The van der Waals surface area contributed by atoms with Crippen molar-refractivity contribution in [2.45, 2.75) is 32.1 Å². The average molecular weight is 427 g/mol. The van der Waals surface area contributed by atoms with Crippen molar-refractivity contribution < 1.29 is 0 Å². The third-order valence-electron chi connectivity index (χ3n) is 7.05. The summed E-state index contributed by atoms with van der Waals surface area (Å²) in [6, 6.07) is 39.6. The second-order valence-electron chi connectivity index (χ2n) is 9.03. The van der Waals surface area contributed by atoms with Gasteiger partial charge in [0.25, 0.3) is 0 Å². The maximum Gasteiger partial charge on any atom is 0.0429 e. The molecule has 0 heterocycles. The molecule has 1 aliphatic carbocycles. The molecule has 0 saturated carbocycles. The van der Waals surface area contributed by atoms with Gasteiger partial charge in [-0.15, -0.1) is 0 Å². The molecule has 0 spiro atoms. The Labute approximate surface area is 198 Å². The summed E-state index contributed by atoms with van der Waals surface area (Å²) in [6.45, 7) is 4.63. The van der Waals surface area contributed by atoms with E-state index in [4.69, 9.17) is 0 Å². The van der Waals surface area contributed by atoms with Gasteiger partial charge in [-0.2, -0.15) is 0 Å². The molecular formula is C33H30. The van der Waals surface area contributed by atoms with Gasteiger partial charge in [0.2, 0.25) is 0 Å². The first-order valence-electron chi connectivity index (χ1n) is 11.9. The predicted molar refractivity (Wildman–Crippen MR) is 141 cm³/mol. The Kier molecular flexibility index (Phi) is 5.84. The first-order valence-corrected chi connectivity index (χ1v) is 11.9. The van der Waals surface area contributed by atoms with Gasteiger partial charge in [-0.1, -0.05) is 121 Å². The Bertz CT molecular complexity index is 1250. The van der Waals surface area contributed by atoms with Crippen LogP contribution >= 0.6 is 0 Å². The van der Waals surface area contributed by atoms with Crippen LogP contribution in [0.1, 0.15) is 48.9 Å². The van der Waals surface area contributed by atoms with Crippen LogP contribution < -0.4 is 0 Å². The Hall–Kier alpha value is -3.64. The lowest BCUT2D eigenvalue weighted by atomic mass is 9.67. The topological polar surface area (TPSA) is 0 Å². The highest BCUT2D eigenvalue weighted by Gasteiger charge is 2.34. The van der Waals surface area contributed by atoms with Crippen molar-refractivity contribution in [2.24, 2.45) is 0 Å². The molecule has 0 aromatic heterocycles. The van der Waals surface area contributed by atoms with Gasteiger partial charge in [-0.05, 0) is 71.2 Å². The van der Waals surface area contributed by atoms with Gasteiger partial charge in [0, 0.05) is 5.41 Å². The van der Waals surface area contributed by atoms with Crippen molar-refractivity contribution >= 4 is 5.57 Å². The van der Waals surface area contributed by atoms with Crippen LogP contribution in [0, 0.1) is 0 Å². The van der Waals surface area contributed by atoms with E-state index in [1.54, 1.807) is 0 Å². The van der Waals surface area contributed by atoms with Crippen molar-refractivity contribution in [3.05, 3.63) is 149 Å². The van der Waals surface area contributed by atoms with Crippen LogP contribution in [0.4, 0.5) is 0 Å². The second kappa shape index (κ2) is 9.08. The highest BCUT2D eigenvalue weighted by atomic mass is 14.4. The minimum Gasteiger partial charge on any atom is -0.0807 e. The van der Waals surface area contributed by atoms with Crippen molar-refractivity contribution in [1.82, 2.24) is 0 Å². The first kappa shape index (κ1) is 21.2. The van der Waals surface area contributed by atoms with E-state index in [2.05, 4.69) is 135 Å². The van der Waals surface area contributed by atoms with Gasteiger partial charge in [0.15, 0.2) is 0 Å². The summed E-state index contributed by atoms with van der Waals surface area (Å²) >= 11 is 0. The summed E-state index contributed by atoms with van der Waals surface area (Å²) in [5.41, 5.74) is 10.3. The standard InChI is InChI=1S/C33H30/c1-25-15-12-13-22-29(25)30-23-14-24-31(32(30)26-16-6-3-7-17-26)33(2,27-18-8-4-9-19-27)28-20-10-5-11-21-28/h3-11,14-24H,12-13H2,1-2H3. The molecule has 0 nitrogen and oxygen atoms in total. The SMILES string of the molecule is CC1=CCCC=C1c1cccc(C(C)(c2ccccc2)c2ccccc2)c1-c1ccccc1. The van der Waals surface area contributed by atoms with Crippen LogP contribution in [0.3, 0.4) is 0 Å². The normalized spacial score (nSPS) is 13.9. The van der Waals surface area contributed by atoms with Gasteiger partial charge in [-0.3, -0.25) is 0 Å². The number of allylic oxidation sites excluding steroid dienone is 4. The molecule has 5 rings (SSSR count). The summed E-state index contributed by atoms with van der Waals surface area (Å²) in [4.78, 5) is 0. The molecule has 0 fully saturated rings. The molecule has 0 N–H and O–H groups in total. The van der Waals surface area contributed by atoms with Gasteiger partial charge < -0.3 is 0 Å². The van der Waals surface area contributed by atoms with E-state index < -0.39 is 0 Å². The van der Waals surface area contributed by atoms with Crippen LogP contribution in [0.5, 0.6) is 0 Å². The van der Waals surface area contributed by atoms with E-state index in [0.717, 1.165) is 12.8 Å². The molecule has 0 unspecified atom stereocenters. The Morgan fingerprint density at radius 1 is 0.576 bits per heavy atom. The Morgan fingerprint density at radius 2 is 1.12 bits per heavy atom. The third-order valence-corrected chi connectivity index (χ3v) is 7.05. The van der Waals surface area contributed by atoms with E-state index in [0.29, 0.717) is 0 Å². The number of hydrogen-bond acceptors (Lipinski definition) is 0. The summed E-state index contributed by atoms with van der Waals surface area (Å²) in [5, 5.41) is 0. The van der Waals surface area contributed by atoms with Crippen molar-refractivity contribution in [1.29, 1.82) is 0 Å². The minimum absolute atomic E-state index is 0.295. The average Bonchev–Trinajstić information content (AvgIpc) is 2.89. The molecule has 162 valence electrons. The van der Waals surface area contributed by atoms with Crippen LogP contribution in [0.15, 0.2) is 127 Å². The van der Waals surface area contributed by atoms with Gasteiger partial charge in [-0.25, -0.2) is 0 Å². The number of benzene rings is 4. The monoisotopic (exact) mass is 426 g/mol. The van der Waals surface area contributed by atoms with E-state index in [1.165, 1.54) is 44.5 Å². The summed E-state index contributed by atoms with van der Waals surface area (Å²) in [7, 11) is 0. The molecule has 33 heavy (non-hydrogen) atoms. The minimum atomic E-state index is -0.295. The van der Waals surface area contributed by atoms with E-state index in [-0.39, 0.29) is 5.41 Å². The fourth-order valence-electron chi connectivity index (χ4n) is 5.25. The molecule has 4 aromatic carbocycles. The fraction of sp³-hybridized carbons (Fsp3) is 0.152. The smallest absolute Gasteiger partial charge is 0.0429 e. The zero-order valence-corrected chi connectivity index (χ0v) is 19.5. The van der Waals surface area contributed by atoms with Crippen LogP contribution in [-0.4, -0.2) is 0 Å². The second-order valence-corrected chi connectivity index (χ2v) is 9.03. The lowest BCUT2D eigenvalue weighted by Gasteiger charge is -2.35.